The summed E-state index contributed by atoms with van der Waals surface area (Å²) in [6.45, 7) is 1.70. The minimum atomic E-state index is -0.0726. The largest absolute Gasteiger partial charge is 0.459 e. The molecule has 29 heavy (non-hydrogen) atoms. The molecule has 1 amide bonds. The van der Waals surface area contributed by atoms with Crippen molar-refractivity contribution in [2.45, 2.75) is 19.4 Å². The first-order valence-corrected chi connectivity index (χ1v) is 9.74. The SMILES string of the molecule is N#Cc1nc(-c2ccco2)oc1N1CCC(C(=O)NCc2ccc(Cl)cc2)CC1. The lowest BCUT2D eigenvalue weighted by atomic mass is 9.96. The minimum absolute atomic E-state index is 0.0361. The number of amides is 1. The molecule has 1 fully saturated rings. The van der Waals surface area contributed by atoms with E-state index >= 15 is 0 Å². The fourth-order valence-electron chi connectivity index (χ4n) is 3.39. The number of piperidine rings is 1. The summed E-state index contributed by atoms with van der Waals surface area (Å²) >= 11 is 5.88. The van der Waals surface area contributed by atoms with Gasteiger partial charge in [0.05, 0.1) is 6.26 Å². The molecule has 0 atom stereocenters. The highest BCUT2D eigenvalue weighted by atomic mass is 35.5. The van der Waals surface area contributed by atoms with Crippen molar-refractivity contribution in [1.82, 2.24) is 10.3 Å². The maximum absolute atomic E-state index is 12.5. The van der Waals surface area contributed by atoms with Crippen molar-refractivity contribution in [3.05, 3.63) is 58.9 Å². The highest BCUT2D eigenvalue weighted by molar-refractivity contribution is 6.30. The molecule has 8 heteroatoms. The van der Waals surface area contributed by atoms with Crippen LogP contribution in [0.5, 0.6) is 0 Å². The van der Waals surface area contributed by atoms with Crippen molar-refractivity contribution >= 4 is 23.4 Å². The molecule has 0 saturated carbocycles. The van der Waals surface area contributed by atoms with Crippen LogP contribution in [-0.4, -0.2) is 24.0 Å². The Kier molecular flexibility index (Phi) is 5.54. The summed E-state index contributed by atoms with van der Waals surface area (Å²) in [7, 11) is 0. The molecule has 1 aliphatic rings. The van der Waals surface area contributed by atoms with Gasteiger partial charge in [-0.25, -0.2) is 0 Å². The van der Waals surface area contributed by atoms with E-state index in [1.165, 1.54) is 6.26 Å². The summed E-state index contributed by atoms with van der Waals surface area (Å²) in [4.78, 5) is 18.7. The molecule has 0 spiro atoms. The molecular weight excluding hydrogens is 392 g/mol. The Bertz CT molecular complexity index is 1010. The molecule has 2 aromatic heterocycles. The summed E-state index contributed by atoms with van der Waals surface area (Å²) in [6, 6.07) is 13.0. The third-order valence-corrected chi connectivity index (χ3v) is 5.23. The predicted molar refractivity (Wildman–Crippen MR) is 107 cm³/mol. The van der Waals surface area contributed by atoms with E-state index in [0.717, 1.165) is 5.56 Å². The van der Waals surface area contributed by atoms with Gasteiger partial charge < -0.3 is 19.1 Å². The van der Waals surface area contributed by atoms with Crippen LogP contribution >= 0.6 is 11.6 Å². The Morgan fingerprint density at radius 1 is 1.28 bits per heavy atom. The van der Waals surface area contributed by atoms with Gasteiger partial charge in [-0.1, -0.05) is 23.7 Å². The number of carbonyl (C=O) groups excluding carboxylic acids is 1. The van der Waals surface area contributed by atoms with E-state index in [-0.39, 0.29) is 23.4 Å². The predicted octanol–water partition coefficient (Wildman–Crippen LogP) is 3.99. The van der Waals surface area contributed by atoms with Gasteiger partial charge >= 0.3 is 0 Å². The topological polar surface area (TPSA) is 95.3 Å². The number of carbonyl (C=O) groups is 1. The maximum Gasteiger partial charge on any atom is 0.266 e. The molecular formula is C21H19ClN4O3. The number of furan rings is 1. The molecule has 0 bridgehead atoms. The Labute approximate surface area is 172 Å². The van der Waals surface area contributed by atoms with Crippen LogP contribution in [0.2, 0.25) is 5.02 Å². The molecule has 1 aliphatic heterocycles. The summed E-state index contributed by atoms with van der Waals surface area (Å²) in [5.74, 6) is 1.15. The van der Waals surface area contributed by atoms with Gasteiger partial charge in [0, 0.05) is 30.6 Å². The number of nitrogens with zero attached hydrogens (tertiary/aromatic N) is 3. The van der Waals surface area contributed by atoms with Gasteiger partial charge in [0.25, 0.3) is 5.89 Å². The zero-order chi connectivity index (χ0) is 20.2. The molecule has 1 aromatic carbocycles. The van der Waals surface area contributed by atoms with Crippen molar-refractivity contribution in [2.75, 3.05) is 18.0 Å². The quantitative estimate of drug-likeness (QED) is 0.683. The number of benzene rings is 1. The van der Waals surface area contributed by atoms with E-state index in [2.05, 4.69) is 16.4 Å². The molecule has 0 radical (unpaired) electrons. The zero-order valence-electron chi connectivity index (χ0n) is 15.6. The molecule has 148 valence electrons. The first kappa shape index (κ1) is 19.1. The highest BCUT2D eigenvalue weighted by Crippen LogP contribution is 2.31. The second-order valence-corrected chi connectivity index (χ2v) is 7.30. The number of oxazole rings is 1. The van der Waals surface area contributed by atoms with Crippen molar-refractivity contribution in [3.8, 4) is 17.7 Å². The summed E-state index contributed by atoms with van der Waals surface area (Å²) in [6.07, 6.45) is 2.88. The van der Waals surface area contributed by atoms with E-state index in [0.29, 0.717) is 49.1 Å². The average molecular weight is 411 g/mol. The number of nitrogens with one attached hydrogen (secondary N) is 1. The van der Waals surface area contributed by atoms with Crippen molar-refractivity contribution in [2.24, 2.45) is 5.92 Å². The van der Waals surface area contributed by atoms with E-state index in [1.54, 1.807) is 12.1 Å². The molecule has 1 N–H and O–H groups in total. The number of nitriles is 1. The standard InChI is InChI=1S/C21H19ClN4O3/c22-16-5-3-14(4-6-16)13-24-19(27)15-7-9-26(10-8-15)21-17(12-23)25-20(29-21)18-2-1-11-28-18/h1-6,11,15H,7-10,13H2,(H,24,27). The summed E-state index contributed by atoms with van der Waals surface area (Å²) in [5, 5.41) is 13.1. The number of anilines is 1. The lowest BCUT2D eigenvalue weighted by Gasteiger charge is -2.31. The monoisotopic (exact) mass is 410 g/mol. The minimum Gasteiger partial charge on any atom is -0.459 e. The van der Waals surface area contributed by atoms with Gasteiger partial charge in [0.1, 0.15) is 6.07 Å². The van der Waals surface area contributed by atoms with Crippen LogP contribution in [0.25, 0.3) is 11.7 Å². The number of aromatic nitrogens is 1. The van der Waals surface area contributed by atoms with Crippen LogP contribution < -0.4 is 10.2 Å². The summed E-state index contributed by atoms with van der Waals surface area (Å²) in [5.41, 5.74) is 1.23. The van der Waals surface area contributed by atoms with Gasteiger partial charge in [-0.05, 0) is 42.7 Å². The number of rotatable bonds is 5. The zero-order valence-corrected chi connectivity index (χ0v) is 16.4. The van der Waals surface area contributed by atoms with Crippen LogP contribution in [0.3, 0.4) is 0 Å². The van der Waals surface area contributed by atoms with E-state index < -0.39 is 0 Å². The van der Waals surface area contributed by atoms with Gasteiger partial charge in [0.15, 0.2) is 5.76 Å². The molecule has 0 aliphatic carbocycles. The Hall–Kier alpha value is -3.24. The van der Waals surface area contributed by atoms with E-state index in [1.807, 2.05) is 29.2 Å². The Balaban J connectivity index is 1.35. The smallest absolute Gasteiger partial charge is 0.266 e. The first-order chi connectivity index (χ1) is 14.1. The fourth-order valence-corrected chi connectivity index (χ4v) is 3.51. The van der Waals surface area contributed by atoms with Crippen LogP contribution in [0.15, 0.2) is 51.5 Å². The maximum atomic E-state index is 12.5. The number of halogens is 1. The third kappa shape index (κ3) is 4.28. The fraction of sp³-hybridized carbons (Fsp3) is 0.286. The Morgan fingerprint density at radius 3 is 2.69 bits per heavy atom. The molecule has 4 rings (SSSR count). The highest BCUT2D eigenvalue weighted by Gasteiger charge is 2.29. The van der Waals surface area contributed by atoms with E-state index in [9.17, 15) is 10.1 Å². The van der Waals surface area contributed by atoms with E-state index in [4.69, 9.17) is 20.4 Å². The molecule has 0 unspecified atom stereocenters. The van der Waals surface area contributed by atoms with Crippen molar-refractivity contribution in [1.29, 1.82) is 5.26 Å². The van der Waals surface area contributed by atoms with Gasteiger partial charge in [-0.15, -0.1) is 0 Å². The molecule has 7 nitrogen and oxygen atoms in total. The number of hydrogen-bond donors (Lipinski definition) is 1. The normalized spacial score (nSPS) is 14.6. The average Bonchev–Trinajstić information content (AvgIpc) is 3.43. The van der Waals surface area contributed by atoms with Gasteiger partial charge in [-0.2, -0.15) is 10.2 Å². The second kappa shape index (κ2) is 8.41. The van der Waals surface area contributed by atoms with Crippen LogP contribution in [0.1, 0.15) is 24.1 Å². The Morgan fingerprint density at radius 2 is 2.03 bits per heavy atom. The molecule has 1 saturated heterocycles. The van der Waals surface area contributed by atoms with Crippen LogP contribution in [-0.2, 0) is 11.3 Å². The lowest BCUT2D eigenvalue weighted by molar-refractivity contribution is -0.125. The van der Waals surface area contributed by atoms with Gasteiger partial charge in [0.2, 0.25) is 17.5 Å². The van der Waals surface area contributed by atoms with Crippen LogP contribution in [0, 0.1) is 17.2 Å². The lowest BCUT2D eigenvalue weighted by Crippen LogP contribution is -2.40. The van der Waals surface area contributed by atoms with Crippen molar-refractivity contribution < 1.29 is 13.6 Å². The summed E-state index contributed by atoms with van der Waals surface area (Å²) < 4.78 is 11.1. The molecule has 3 heterocycles. The van der Waals surface area contributed by atoms with Crippen molar-refractivity contribution in [3.63, 3.8) is 0 Å². The van der Waals surface area contributed by atoms with Gasteiger partial charge in [-0.3, -0.25) is 4.79 Å². The number of hydrogen-bond acceptors (Lipinski definition) is 6. The second-order valence-electron chi connectivity index (χ2n) is 6.87. The third-order valence-electron chi connectivity index (χ3n) is 4.98. The molecule has 3 aromatic rings. The first-order valence-electron chi connectivity index (χ1n) is 9.36. The van der Waals surface area contributed by atoms with Crippen LogP contribution in [0.4, 0.5) is 5.88 Å².